The maximum absolute atomic E-state index is 11.9. The molecule has 1 atom stereocenters. The molecule has 2 amide bonds. The van der Waals surface area contributed by atoms with Gasteiger partial charge in [-0.2, -0.15) is 12.6 Å². The maximum atomic E-state index is 11.9. The quantitative estimate of drug-likeness (QED) is 0.841. The first-order chi connectivity index (χ1) is 10.2. The molecule has 0 aliphatic carbocycles. The van der Waals surface area contributed by atoms with Gasteiger partial charge in [0.1, 0.15) is 5.60 Å². The van der Waals surface area contributed by atoms with Crippen molar-refractivity contribution < 1.29 is 14.3 Å². The smallest absolute Gasteiger partial charge is 0.407 e. The number of carbonyl (C=O) groups is 2. The molecule has 0 saturated carbocycles. The van der Waals surface area contributed by atoms with Gasteiger partial charge in [-0.05, 0) is 38.5 Å². The van der Waals surface area contributed by atoms with Gasteiger partial charge in [-0.3, -0.25) is 4.79 Å². The first-order valence-electron chi connectivity index (χ1n) is 7.29. The van der Waals surface area contributed by atoms with E-state index in [0.29, 0.717) is 19.5 Å². The number of nitrogens with zero attached hydrogens (tertiary/aromatic N) is 1. The molecule has 1 unspecified atom stereocenters. The average Bonchev–Trinajstić information content (AvgIpc) is 2.74. The zero-order valence-corrected chi connectivity index (χ0v) is 14.0. The molecule has 0 bridgehead atoms. The number of alkyl carbamates (subject to hydrolysis) is 1. The summed E-state index contributed by atoms with van der Waals surface area (Å²) in [5.74, 6) is 0.0808. The summed E-state index contributed by atoms with van der Waals surface area (Å²) in [7, 11) is 0. The van der Waals surface area contributed by atoms with Crippen LogP contribution in [-0.4, -0.2) is 29.4 Å². The predicted molar refractivity (Wildman–Crippen MR) is 89.3 cm³/mol. The molecule has 1 aromatic rings. The third kappa shape index (κ3) is 4.66. The number of thiol groups is 1. The molecule has 5 nitrogen and oxygen atoms in total. The molecule has 1 aliphatic rings. The fraction of sp³-hybridized carbons (Fsp3) is 0.500. The predicted octanol–water partition coefficient (Wildman–Crippen LogP) is 2.75. The van der Waals surface area contributed by atoms with E-state index in [9.17, 15) is 9.59 Å². The summed E-state index contributed by atoms with van der Waals surface area (Å²) >= 11 is 4.36. The van der Waals surface area contributed by atoms with Crippen LogP contribution in [0.4, 0.5) is 10.5 Å². The van der Waals surface area contributed by atoms with Crippen LogP contribution in [0.2, 0.25) is 0 Å². The molecule has 1 aromatic carbocycles. The lowest BCUT2D eigenvalue weighted by Crippen LogP contribution is -2.32. The van der Waals surface area contributed by atoms with E-state index in [4.69, 9.17) is 4.74 Å². The van der Waals surface area contributed by atoms with E-state index >= 15 is 0 Å². The fourth-order valence-electron chi connectivity index (χ4n) is 2.26. The Hall–Kier alpha value is -1.69. The third-order valence-corrected chi connectivity index (χ3v) is 3.51. The third-order valence-electron chi connectivity index (χ3n) is 3.16. The molecule has 1 fully saturated rings. The second-order valence-corrected chi connectivity index (χ2v) is 7.12. The lowest BCUT2D eigenvalue weighted by atomic mass is 10.2. The minimum absolute atomic E-state index is 0.0797. The highest BCUT2D eigenvalue weighted by Gasteiger charge is 2.28. The van der Waals surface area contributed by atoms with Crippen LogP contribution < -0.4 is 10.2 Å². The van der Waals surface area contributed by atoms with Crippen molar-refractivity contribution in [1.29, 1.82) is 0 Å². The normalized spacial score (nSPS) is 18.5. The van der Waals surface area contributed by atoms with Gasteiger partial charge in [-0.25, -0.2) is 4.79 Å². The van der Waals surface area contributed by atoms with Crippen LogP contribution >= 0.6 is 12.6 Å². The Kier molecular flexibility index (Phi) is 5.01. The van der Waals surface area contributed by atoms with Crippen molar-refractivity contribution in [3.8, 4) is 0 Å². The standard InChI is InChI=1S/C16H22N2O3S/c1-16(2,3)21-15(20)17-9-11-5-4-6-12(7-11)18-10-13(22)8-14(18)19/h4-7,13,22H,8-10H2,1-3H3,(H,17,20). The number of hydrogen-bond donors (Lipinski definition) is 2. The van der Waals surface area contributed by atoms with Gasteiger partial charge in [0, 0.05) is 30.4 Å². The van der Waals surface area contributed by atoms with Gasteiger partial charge < -0.3 is 15.0 Å². The van der Waals surface area contributed by atoms with E-state index < -0.39 is 11.7 Å². The summed E-state index contributed by atoms with van der Waals surface area (Å²) in [6.07, 6.45) is 0.00863. The molecule has 1 saturated heterocycles. The first kappa shape index (κ1) is 16.7. The summed E-state index contributed by atoms with van der Waals surface area (Å²) < 4.78 is 5.20. The Balaban J connectivity index is 1.97. The fourth-order valence-corrected chi connectivity index (χ4v) is 2.58. The summed E-state index contributed by atoms with van der Waals surface area (Å²) in [6, 6.07) is 7.57. The number of anilines is 1. The Bertz CT molecular complexity index is 569. The topological polar surface area (TPSA) is 58.6 Å². The Morgan fingerprint density at radius 2 is 2.18 bits per heavy atom. The van der Waals surface area contributed by atoms with E-state index in [1.165, 1.54) is 0 Å². The molecular formula is C16H22N2O3S. The van der Waals surface area contributed by atoms with Crippen LogP contribution in [0.25, 0.3) is 0 Å². The summed E-state index contributed by atoms with van der Waals surface area (Å²) in [5.41, 5.74) is 1.24. The average molecular weight is 322 g/mol. The monoisotopic (exact) mass is 322 g/mol. The van der Waals surface area contributed by atoms with Crippen molar-refractivity contribution in [3.63, 3.8) is 0 Å². The second-order valence-electron chi connectivity index (χ2n) is 6.39. The van der Waals surface area contributed by atoms with Gasteiger partial charge in [-0.15, -0.1) is 0 Å². The zero-order chi connectivity index (χ0) is 16.3. The highest BCUT2D eigenvalue weighted by Crippen LogP contribution is 2.24. The molecular weight excluding hydrogens is 300 g/mol. The van der Waals surface area contributed by atoms with Gasteiger partial charge >= 0.3 is 6.09 Å². The molecule has 0 aromatic heterocycles. The number of rotatable bonds is 3. The minimum atomic E-state index is -0.518. The minimum Gasteiger partial charge on any atom is -0.444 e. The number of nitrogens with one attached hydrogen (secondary N) is 1. The second kappa shape index (κ2) is 6.60. The van der Waals surface area contributed by atoms with Gasteiger partial charge in [0.05, 0.1) is 0 Å². The van der Waals surface area contributed by atoms with Crippen LogP contribution in [-0.2, 0) is 16.1 Å². The number of hydrogen-bond acceptors (Lipinski definition) is 4. The van der Waals surface area contributed by atoms with Crippen molar-refractivity contribution >= 4 is 30.3 Å². The van der Waals surface area contributed by atoms with Crippen LogP contribution in [0.5, 0.6) is 0 Å². The van der Waals surface area contributed by atoms with Crippen LogP contribution in [0.1, 0.15) is 32.8 Å². The van der Waals surface area contributed by atoms with Crippen LogP contribution in [0.15, 0.2) is 24.3 Å². The number of carbonyl (C=O) groups excluding carboxylic acids is 2. The molecule has 2 rings (SSSR count). The molecule has 6 heteroatoms. The van der Waals surface area contributed by atoms with Crippen molar-refractivity contribution in [2.45, 2.75) is 44.6 Å². The van der Waals surface area contributed by atoms with Gasteiger partial charge in [0.25, 0.3) is 0 Å². The maximum Gasteiger partial charge on any atom is 0.407 e. The molecule has 0 radical (unpaired) electrons. The van der Waals surface area contributed by atoms with E-state index in [-0.39, 0.29) is 11.2 Å². The lowest BCUT2D eigenvalue weighted by Gasteiger charge is -2.20. The highest BCUT2D eigenvalue weighted by molar-refractivity contribution is 7.81. The van der Waals surface area contributed by atoms with Crippen LogP contribution in [0, 0.1) is 0 Å². The largest absolute Gasteiger partial charge is 0.444 e. The van der Waals surface area contributed by atoms with Crippen molar-refractivity contribution in [2.24, 2.45) is 0 Å². The Morgan fingerprint density at radius 3 is 2.77 bits per heavy atom. The van der Waals surface area contributed by atoms with Crippen LogP contribution in [0.3, 0.4) is 0 Å². The van der Waals surface area contributed by atoms with E-state index in [1.807, 2.05) is 45.0 Å². The van der Waals surface area contributed by atoms with Gasteiger partial charge in [0.15, 0.2) is 0 Å². The Labute approximate surface area is 136 Å². The van der Waals surface area contributed by atoms with Crippen molar-refractivity contribution in [2.75, 3.05) is 11.4 Å². The number of benzene rings is 1. The summed E-state index contributed by atoms with van der Waals surface area (Å²) in [5, 5.41) is 2.79. The molecule has 22 heavy (non-hydrogen) atoms. The first-order valence-corrected chi connectivity index (χ1v) is 7.80. The van der Waals surface area contributed by atoms with E-state index in [1.54, 1.807) is 4.90 Å². The number of amides is 2. The molecule has 1 heterocycles. The highest BCUT2D eigenvalue weighted by atomic mass is 32.1. The molecule has 120 valence electrons. The summed E-state index contributed by atoms with van der Waals surface area (Å²) in [6.45, 7) is 6.43. The zero-order valence-electron chi connectivity index (χ0n) is 13.1. The molecule has 1 N–H and O–H groups in total. The SMILES string of the molecule is CC(C)(C)OC(=O)NCc1cccc(N2CC(S)CC2=O)c1. The number of ether oxygens (including phenoxy) is 1. The van der Waals surface area contributed by atoms with Gasteiger partial charge in [0.2, 0.25) is 5.91 Å². The molecule has 1 aliphatic heterocycles. The van der Waals surface area contributed by atoms with E-state index in [0.717, 1.165) is 11.3 Å². The summed E-state index contributed by atoms with van der Waals surface area (Å²) in [4.78, 5) is 25.3. The van der Waals surface area contributed by atoms with Gasteiger partial charge in [-0.1, -0.05) is 12.1 Å². The Morgan fingerprint density at radius 1 is 1.45 bits per heavy atom. The van der Waals surface area contributed by atoms with E-state index in [2.05, 4.69) is 17.9 Å². The van der Waals surface area contributed by atoms with Crippen molar-refractivity contribution in [1.82, 2.24) is 5.32 Å². The lowest BCUT2D eigenvalue weighted by molar-refractivity contribution is -0.117. The molecule has 0 spiro atoms. The van der Waals surface area contributed by atoms with Crippen molar-refractivity contribution in [3.05, 3.63) is 29.8 Å².